The van der Waals surface area contributed by atoms with E-state index in [-0.39, 0.29) is 18.8 Å². The van der Waals surface area contributed by atoms with Crippen molar-refractivity contribution in [3.8, 4) is 0 Å². The Labute approximate surface area is 129 Å². The van der Waals surface area contributed by atoms with Crippen LogP contribution in [-0.2, 0) is 23.7 Å². The molecule has 0 saturated carbocycles. The molecule has 0 N–H and O–H groups in total. The minimum atomic E-state index is -0.697. The molecule has 0 bridgehead atoms. The van der Waals surface area contributed by atoms with Gasteiger partial charge in [-0.1, -0.05) is 18.2 Å². The molecule has 3 rings (SSSR count). The number of hydrogen-bond donors (Lipinski definition) is 0. The first-order valence-electron chi connectivity index (χ1n) is 7.26. The van der Waals surface area contributed by atoms with Gasteiger partial charge in [0.25, 0.3) is 0 Å². The summed E-state index contributed by atoms with van der Waals surface area (Å²) < 4.78 is 28.0. The zero-order valence-corrected chi connectivity index (χ0v) is 12.9. The average Bonchev–Trinajstić information content (AvgIpc) is 2.96. The molecule has 0 radical (unpaired) electrons. The van der Waals surface area contributed by atoms with Crippen LogP contribution in [0, 0.1) is 0 Å². The van der Waals surface area contributed by atoms with Crippen LogP contribution in [0.2, 0.25) is 0 Å². The molecule has 4 atom stereocenters. The summed E-state index contributed by atoms with van der Waals surface area (Å²) in [6.07, 6.45) is -1.57. The van der Waals surface area contributed by atoms with Crippen molar-refractivity contribution in [1.82, 2.24) is 0 Å². The number of methoxy groups -OCH3 is 1. The summed E-state index contributed by atoms with van der Waals surface area (Å²) in [5.41, 5.74) is 0.503. The lowest BCUT2D eigenvalue weighted by Crippen LogP contribution is -2.38. The third-order valence-electron chi connectivity index (χ3n) is 3.75. The smallest absolute Gasteiger partial charge is 0.338 e. The van der Waals surface area contributed by atoms with E-state index in [1.54, 1.807) is 31.4 Å². The third kappa shape index (κ3) is 3.01. The number of ether oxygens (including phenoxy) is 5. The van der Waals surface area contributed by atoms with Crippen LogP contribution in [0.1, 0.15) is 24.2 Å². The molecule has 120 valence electrons. The molecule has 0 aromatic heterocycles. The highest BCUT2D eigenvalue weighted by atomic mass is 16.8. The highest BCUT2D eigenvalue weighted by Crippen LogP contribution is 2.38. The Kier molecular flexibility index (Phi) is 4.18. The van der Waals surface area contributed by atoms with Crippen LogP contribution < -0.4 is 0 Å². The summed E-state index contributed by atoms with van der Waals surface area (Å²) in [5.74, 6) is -1.09. The lowest BCUT2D eigenvalue weighted by Gasteiger charge is -2.24. The standard InChI is InChI=1S/C16H20O6/c1-16(2)21-13-12(18-3)11(20-15(13)22-16)9-19-14(17)10-7-5-4-6-8-10/h4-8,11-13,15H,9H2,1-3H3/t11-,12+,13?,15?/m1/s1. The molecule has 2 unspecified atom stereocenters. The van der Waals surface area contributed by atoms with Crippen molar-refractivity contribution in [3.05, 3.63) is 35.9 Å². The monoisotopic (exact) mass is 308 g/mol. The van der Waals surface area contributed by atoms with Crippen LogP contribution in [-0.4, -0.2) is 50.1 Å². The zero-order valence-electron chi connectivity index (χ0n) is 12.9. The quantitative estimate of drug-likeness (QED) is 0.790. The number of hydrogen-bond acceptors (Lipinski definition) is 6. The van der Waals surface area contributed by atoms with E-state index in [0.29, 0.717) is 5.56 Å². The molecular weight excluding hydrogens is 288 g/mol. The van der Waals surface area contributed by atoms with Crippen molar-refractivity contribution in [2.45, 2.75) is 44.2 Å². The highest BCUT2D eigenvalue weighted by Gasteiger charge is 2.55. The molecule has 1 aromatic rings. The Bertz CT molecular complexity index is 529. The maximum atomic E-state index is 12.0. The third-order valence-corrected chi connectivity index (χ3v) is 3.75. The molecule has 2 heterocycles. The van der Waals surface area contributed by atoms with Crippen LogP contribution in [0.15, 0.2) is 30.3 Å². The molecule has 2 fully saturated rings. The Morgan fingerprint density at radius 1 is 1.23 bits per heavy atom. The summed E-state index contributed by atoms with van der Waals surface area (Å²) in [4.78, 5) is 12.0. The summed E-state index contributed by atoms with van der Waals surface area (Å²) in [5, 5.41) is 0. The molecule has 6 heteroatoms. The maximum Gasteiger partial charge on any atom is 0.338 e. The van der Waals surface area contributed by atoms with E-state index in [9.17, 15) is 4.79 Å². The van der Waals surface area contributed by atoms with Gasteiger partial charge in [0.05, 0.1) is 5.56 Å². The lowest BCUT2D eigenvalue weighted by molar-refractivity contribution is -0.220. The minimum absolute atomic E-state index is 0.0897. The predicted molar refractivity (Wildman–Crippen MR) is 76.2 cm³/mol. The first-order chi connectivity index (χ1) is 10.5. The van der Waals surface area contributed by atoms with E-state index in [4.69, 9.17) is 23.7 Å². The zero-order chi connectivity index (χ0) is 15.7. The topological polar surface area (TPSA) is 63.2 Å². The second-order valence-electron chi connectivity index (χ2n) is 5.81. The molecule has 6 nitrogen and oxygen atoms in total. The van der Waals surface area contributed by atoms with Gasteiger partial charge in [-0.15, -0.1) is 0 Å². The largest absolute Gasteiger partial charge is 0.459 e. The number of benzene rings is 1. The van der Waals surface area contributed by atoms with Gasteiger partial charge in [0, 0.05) is 7.11 Å². The van der Waals surface area contributed by atoms with E-state index >= 15 is 0 Å². The van der Waals surface area contributed by atoms with Crippen LogP contribution in [0.4, 0.5) is 0 Å². The summed E-state index contributed by atoms with van der Waals surface area (Å²) in [6.45, 7) is 3.74. The van der Waals surface area contributed by atoms with Gasteiger partial charge >= 0.3 is 5.97 Å². The molecule has 0 amide bonds. The lowest BCUT2D eigenvalue weighted by atomic mass is 10.1. The highest BCUT2D eigenvalue weighted by molar-refractivity contribution is 5.89. The molecule has 2 saturated heterocycles. The number of carbonyl (C=O) groups excluding carboxylic acids is 1. The average molecular weight is 308 g/mol. The van der Waals surface area contributed by atoms with Gasteiger partial charge in [-0.05, 0) is 26.0 Å². The van der Waals surface area contributed by atoms with Gasteiger partial charge < -0.3 is 23.7 Å². The van der Waals surface area contributed by atoms with Crippen molar-refractivity contribution in [1.29, 1.82) is 0 Å². The van der Waals surface area contributed by atoms with Crippen LogP contribution in [0.5, 0.6) is 0 Å². The fourth-order valence-corrected chi connectivity index (χ4v) is 2.78. The molecule has 22 heavy (non-hydrogen) atoms. The first kappa shape index (κ1) is 15.4. The SMILES string of the molecule is CO[C@@H]1C2OC(C)(C)OC2O[C@@H]1COC(=O)c1ccccc1. The summed E-state index contributed by atoms with van der Waals surface area (Å²) in [6, 6.07) is 8.82. The van der Waals surface area contributed by atoms with Gasteiger partial charge in [-0.25, -0.2) is 4.79 Å². The van der Waals surface area contributed by atoms with E-state index in [0.717, 1.165) is 0 Å². The molecule has 0 aliphatic carbocycles. The molecule has 0 spiro atoms. The van der Waals surface area contributed by atoms with E-state index in [1.165, 1.54) is 0 Å². The summed E-state index contributed by atoms with van der Waals surface area (Å²) >= 11 is 0. The fraction of sp³-hybridized carbons (Fsp3) is 0.562. The van der Waals surface area contributed by atoms with E-state index < -0.39 is 24.2 Å². The minimum Gasteiger partial charge on any atom is -0.459 e. The van der Waals surface area contributed by atoms with Crippen LogP contribution >= 0.6 is 0 Å². The number of carbonyl (C=O) groups is 1. The van der Waals surface area contributed by atoms with Gasteiger partial charge in [0.2, 0.25) is 0 Å². The maximum absolute atomic E-state index is 12.0. The molecule has 2 aliphatic rings. The van der Waals surface area contributed by atoms with Crippen molar-refractivity contribution < 1.29 is 28.5 Å². The number of rotatable bonds is 4. The number of fused-ring (bicyclic) bond motifs is 1. The van der Waals surface area contributed by atoms with Crippen molar-refractivity contribution in [2.75, 3.05) is 13.7 Å². The van der Waals surface area contributed by atoms with Gasteiger partial charge in [-0.2, -0.15) is 0 Å². The molecular formula is C16H20O6. The second kappa shape index (κ2) is 5.96. The second-order valence-corrected chi connectivity index (χ2v) is 5.81. The normalized spacial score (nSPS) is 32.7. The Hall–Kier alpha value is -1.47. The molecule has 2 aliphatic heterocycles. The van der Waals surface area contributed by atoms with Gasteiger partial charge in [0.15, 0.2) is 12.1 Å². The van der Waals surface area contributed by atoms with Crippen molar-refractivity contribution in [3.63, 3.8) is 0 Å². The van der Waals surface area contributed by atoms with E-state index in [1.807, 2.05) is 19.9 Å². The van der Waals surface area contributed by atoms with Crippen LogP contribution in [0.25, 0.3) is 0 Å². The van der Waals surface area contributed by atoms with Gasteiger partial charge in [-0.3, -0.25) is 0 Å². The van der Waals surface area contributed by atoms with Crippen molar-refractivity contribution in [2.24, 2.45) is 0 Å². The van der Waals surface area contributed by atoms with E-state index in [2.05, 4.69) is 0 Å². The predicted octanol–water partition coefficient (Wildman–Crippen LogP) is 1.73. The van der Waals surface area contributed by atoms with Crippen molar-refractivity contribution >= 4 is 5.97 Å². The molecule has 1 aromatic carbocycles. The number of esters is 1. The fourth-order valence-electron chi connectivity index (χ4n) is 2.78. The first-order valence-corrected chi connectivity index (χ1v) is 7.26. The Balaban J connectivity index is 1.59. The Morgan fingerprint density at radius 3 is 2.64 bits per heavy atom. The Morgan fingerprint density at radius 2 is 1.95 bits per heavy atom. The summed E-state index contributed by atoms with van der Waals surface area (Å²) in [7, 11) is 1.58. The van der Waals surface area contributed by atoms with Gasteiger partial charge in [0.1, 0.15) is 24.9 Å². The van der Waals surface area contributed by atoms with Crippen LogP contribution in [0.3, 0.4) is 0 Å².